The average Bonchev–Trinajstić information content (AvgIpc) is 2.30. The first-order chi connectivity index (χ1) is 8.01. The number of nitrogens with one attached hydrogen (secondary N) is 1. The molecule has 0 saturated heterocycles. The number of benzene rings is 1. The van der Waals surface area contributed by atoms with E-state index in [0.717, 1.165) is 16.9 Å². The lowest BCUT2D eigenvalue weighted by atomic mass is 9.98. The number of likely N-dealkylation sites (N-methyl/N-ethyl adjacent to an activating group) is 1. The number of carboxylic acids is 1. The van der Waals surface area contributed by atoms with Gasteiger partial charge in [0.25, 0.3) is 0 Å². The van der Waals surface area contributed by atoms with Crippen LogP contribution in [0.2, 0.25) is 0 Å². The number of carboxylic acid groups (broad SMARTS) is 1. The van der Waals surface area contributed by atoms with Crippen molar-refractivity contribution in [3.63, 3.8) is 0 Å². The Hall–Kier alpha value is -1.59. The molecule has 0 bridgehead atoms. The number of hydrogen-bond acceptors (Lipinski definition) is 4. The van der Waals surface area contributed by atoms with Gasteiger partial charge in [-0.2, -0.15) is 0 Å². The molecule has 0 aromatic heterocycles. The number of methoxy groups -OCH3 is 1. The van der Waals surface area contributed by atoms with Crippen molar-refractivity contribution in [3.05, 3.63) is 29.3 Å². The molecule has 4 N–H and O–H groups in total. The minimum atomic E-state index is -1.03. The fourth-order valence-corrected chi connectivity index (χ4v) is 1.79. The molecule has 0 aliphatic rings. The molecule has 17 heavy (non-hydrogen) atoms. The van der Waals surface area contributed by atoms with Crippen molar-refractivity contribution in [3.8, 4) is 5.75 Å². The summed E-state index contributed by atoms with van der Waals surface area (Å²) in [7, 11) is 3.29. The number of nitrogens with two attached hydrogens (primary N) is 1. The third-order valence-electron chi connectivity index (χ3n) is 2.73. The summed E-state index contributed by atoms with van der Waals surface area (Å²) in [5.41, 5.74) is 7.41. The highest BCUT2D eigenvalue weighted by Crippen LogP contribution is 2.23. The molecule has 94 valence electrons. The monoisotopic (exact) mass is 238 g/mol. The van der Waals surface area contributed by atoms with E-state index in [1.54, 1.807) is 14.2 Å². The summed E-state index contributed by atoms with van der Waals surface area (Å²) >= 11 is 0. The maximum atomic E-state index is 10.9. The maximum Gasteiger partial charge on any atom is 0.322 e. The highest BCUT2D eigenvalue weighted by Gasteiger charge is 2.24. The topological polar surface area (TPSA) is 84.6 Å². The molecule has 0 aliphatic carbocycles. The van der Waals surface area contributed by atoms with Gasteiger partial charge in [-0.3, -0.25) is 4.79 Å². The van der Waals surface area contributed by atoms with E-state index in [-0.39, 0.29) is 0 Å². The second-order valence-electron chi connectivity index (χ2n) is 3.86. The van der Waals surface area contributed by atoms with Crippen molar-refractivity contribution in [1.29, 1.82) is 0 Å². The Kier molecular flexibility index (Phi) is 4.48. The van der Waals surface area contributed by atoms with Crippen LogP contribution in [0.25, 0.3) is 0 Å². The van der Waals surface area contributed by atoms with Crippen LogP contribution in [0.1, 0.15) is 17.2 Å². The van der Waals surface area contributed by atoms with Crippen LogP contribution in [0, 0.1) is 6.92 Å². The molecular formula is C12H18N2O3. The van der Waals surface area contributed by atoms with Crippen molar-refractivity contribution >= 4 is 5.97 Å². The lowest BCUT2D eigenvalue weighted by molar-refractivity contribution is -0.139. The smallest absolute Gasteiger partial charge is 0.322 e. The Balaban J connectivity index is 3.04. The second kappa shape index (κ2) is 5.65. The highest BCUT2D eigenvalue weighted by molar-refractivity contribution is 5.74. The molecule has 5 nitrogen and oxygen atoms in total. The number of aliphatic carboxylic acids is 1. The molecule has 0 spiro atoms. The van der Waals surface area contributed by atoms with Crippen molar-refractivity contribution < 1.29 is 14.6 Å². The van der Waals surface area contributed by atoms with Gasteiger partial charge in [-0.25, -0.2) is 0 Å². The van der Waals surface area contributed by atoms with Gasteiger partial charge >= 0.3 is 5.97 Å². The zero-order chi connectivity index (χ0) is 13.0. The number of carbonyl (C=O) groups is 1. The first-order valence-electron chi connectivity index (χ1n) is 5.31. The molecule has 0 fully saturated rings. The van der Waals surface area contributed by atoms with Crippen LogP contribution in [-0.4, -0.2) is 31.3 Å². The predicted molar refractivity (Wildman–Crippen MR) is 65.1 cm³/mol. The summed E-state index contributed by atoms with van der Waals surface area (Å²) in [6, 6.07) is 4.10. The Morgan fingerprint density at radius 3 is 2.59 bits per heavy atom. The van der Waals surface area contributed by atoms with Gasteiger partial charge in [0.2, 0.25) is 0 Å². The van der Waals surface area contributed by atoms with Crippen LogP contribution >= 0.6 is 0 Å². The highest BCUT2D eigenvalue weighted by atomic mass is 16.5. The zero-order valence-corrected chi connectivity index (χ0v) is 10.2. The number of rotatable bonds is 5. The van der Waals surface area contributed by atoms with Crippen LogP contribution in [-0.2, 0) is 4.79 Å². The summed E-state index contributed by atoms with van der Waals surface area (Å²) in [5, 5.41) is 11.8. The zero-order valence-electron chi connectivity index (χ0n) is 10.2. The quantitative estimate of drug-likeness (QED) is 0.702. The van der Waals surface area contributed by atoms with Gasteiger partial charge < -0.3 is 20.9 Å². The van der Waals surface area contributed by atoms with Gasteiger partial charge in [0.1, 0.15) is 11.8 Å². The van der Waals surface area contributed by atoms with Crippen molar-refractivity contribution in [2.24, 2.45) is 5.73 Å². The predicted octanol–water partition coefficient (Wildman–Crippen LogP) is 0.676. The fraction of sp³-hybridized carbons (Fsp3) is 0.417. The van der Waals surface area contributed by atoms with Crippen LogP contribution < -0.4 is 15.8 Å². The Morgan fingerprint density at radius 2 is 2.18 bits per heavy atom. The molecule has 0 heterocycles. The molecule has 1 aromatic rings. The van der Waals surface area contributed by atoms with Gasteiger partial charge in [-0.05, 0) is 31.2 Å². The van der Waals surface area contributed by atoms with Crippen LogP contribution in [0.3, 0.4) is 0 Å². The van der Waals surface area contributed by atoms with E-state index >= 15 is 0 Å². The van der Waals surface area contributed by atoms with E-state index in [1.165, 1.54) is 0 Å². The molecule has 2 unspecified atom stereocenters. The minimum absolute atomic E-state index is 0.419. The van der Waals surface area contributed by atoms with E-state index in [1.807, 2.05) is 25.1 Å². The van der Waals surface area contributed by atoms with Gasteiger partial charge in [-0.15, -0.1) is 0 Å². The summed E-state index contributed by atoms with van der Waals surface area (Å²) in [5.74, 6) is -0.259. The summed E-state index contributed by atoms with van der Waals surface area (Å²) in [4.78, 5) is 10.9. The van der Waals surface area contributed by atoms with Crippen LogP contribution in [0.5, 0.6) is 5.75 Å². The lowest BCUT2D eigenvalue weighted by Gasteiger charge is -2.21. The summed E-state index contributed by atoms with van der Waals surface area (Å²) < 4.78 is 5.15. The van der Waals surface area contributed by atoms with E-state index in [0.29, 0.717) is 0 Å². The molecular weight excluding hydrogens is 220 g/mol. The number of aryl methyl sites for hydroxylation is 1. The largest absolute Gasteiger partial charge is 0.496 e. The molecule has 0 saturated carbocycles. The van der Waals surface area contributed by atoms with Crippen molar-refractivity contribution in [2.45, 2.75) is 19.0 Å². The number of hydrogen-bond donors (Lipinski definition) is 3. The van der Waals surface area contributed by atoms with E-state index in [4.69, 9.17) is 15.6 Å². The Labute approximate surface area is 101 Å². The standard InChI is InChI=1S/C12H18N2O3/c1-7-6-8(4-5-9(7)17-3)11(14-2)10(13)12(15)16/h4-6,10-11,14H,13H2,1-3H3,(H,15,16). The molecule has 5 heteroatoms. The first kappa shape index (κ1) is 13.5. The number of ether oxygens (including phenoxy) is 1. The third kappa shape index (κ3) is 2.95. The van der Waals surface area contributed by atoms with Gasteiger partial charge in [0.15, 0.2) is 0 Å². The molecule has 1 aromatic carbocycles. The summed E-state index contributed by atoms with van der Waals surface area (Å²) in [6.45, 7) is 1.90. The Morgan fingerprint density at radius 1 is 1.53 bits per heavy atom. The first-order valence-corrected chi connectivity index (χ1v) is 5.31. The molecule has 0 radical (unpaired) electrons. The molecule has 2 atom stereocenters. The SMILES string of the molecule is CNC(c1ccc(OC)c(C)c1)C(N)C(=O)O. The van der Waals surface area contributed by atoms with Gasteiger partial charge in [0, 0.05) is 0 Å². The normalized spacial score (nSPS) is 14.1. The lowest BCUT2D eigenvalue weighted by Crippen LogP contribution is -2.42. The van der Waals surface area contributed by atoms with Crippen LogP contribution in [0.4, 0.5) is 0 Å². The van der Waals surface area contributed by atoms with Crippen molar-refractivity contribution in [2.75, 3.05) is 14.2 Å². The average molecular weight is 238 g/mol. The fourth-order valence-electron chi connectivity index (χ4n) is 1.79. The van der Waals surface area contributed by atoms with Crippen LogP contribution in [0.15, 0.2) is 18.2 Å². The second-order valence-corrected chi connectivity index (χ2v) is 3.86. The van der Waals surface area contributed by atoms with E-state index in [2.05, 4.69) is 5.32 Å². The van der Waals surface area contributed by atoms with Gasteiger partial charge in [0.05, 0.1) is 13.2 Å². The van der Waals surface area contributed by atoms with Crippen molar-refractivity contribution in [1.82, 2.24) is 5.32 Å². The molecule has 0 aliphatic heterocycles. The summed E-state index contributed by atoms with van der Waals surface area (Å²) in [6.07, 6.45) is 0. The minimum Gasteiger partial charge on any atom is -0.496 e. The third-order valence-corrected chi connectivity index (χ3v) is 2.73. The van der Waals surface area contributed by atoms with E-state index < -0.39 is 18.1 Å². The Bertz CT molecular complexity index is 407. The molecule has 1 rings (SSSR count). The van der Waals surface area contributed by atoms with Gasteiger partial charge in [-0.1, -0.05) is 12.1 Å². The van der Waals surface area contributed by atoms with E-state index in [9.17, 15) is 4.79 Å². The molecule has 0 amide bonds. The maximum absolute atomic E-state index is 10.9.